The van der Waals surface area contributed by atoms with Crippen molar-refractivity contribution in [3.8, 4) is 5.75 Å². The first kappa shape index (κ1) is 10.3. The zero-order valence-electron chi connectivity index (χ0n) is 8.68. The molecule has 2 aromatic heterocycles. The third-order valence-electron chi connectivity index (χ3n) is 2.66. The fourth-order valence-electron chi connectivity index (χ4n) is 1.73. The molecule has 0 spiro atoms. The van der Waals surface area contributed by atoms with Crippen molar-refractivity contribution >= 4 is 28.2 Å². The monoisotopic (exact) mass is 331 g/mol. The maximum atomic E-state index is 5.35. The van der Waals surface area contributed by atoms with Gasteiger partial charge >= 0.3 is 0 Å². The van der Waals surface area contributed by atoms with Crippen LogP contribution in [0.4, 0.5) is 0 Å². The Balaban J connectivity index is 2.16. The van der Waals surface area contributed by atoms with Gasteiger partial charge in [-0.2, -0.15) is 5.10 Å². The highest BCUT2D eigenvalue weighted by Gasteiger charge is 2.26. The molecular formula is C10H10IN3O2. The average Bonchev–Trinajstić information content (AvgIpc) is 2.53. The topological polar surface area (TPSA) is 48.7 Å². The van der Waals surface area contributed by atoms with Crippen LogP contribution in [0.1, 0.15) is 11.6 Å². The molecule has 6 heteroatoms. The minimum Gasteiger partial charge on any atom is -0.495 e. The molecule has 0 unspecified atom stereocenters. The van der Waals surface area contributed by atoms with Crippen LogP contribution in [-0.4, -0.2) is 34.9 Å². The molecule has 3 heterocycles. The van der Waals surface area contributed by atoms with Gasteiger partial charge in [0.25, 0.3) is 0 Å². The Morgan fingerprint density at radius 1 is 1.56 bits per heavy atom. The normalized spacial score (nSPS) is 16.4. The highest BCUT2D eigenvalue weighted by molar-refractivity contribution is 14.1. The van der Waals surface area contributed by atoms with E-state index in [1.807, 2.05) is 12.3 Å². The van der Waals surface area contributed by atoms with Crippen LogP contribution in [0, 0.1) is 3.70 Å². The van der Waals surface area contributed by atoms with Gasteiger partial charge in [0.15, 0.2) is 5.65 Å². The quantitative estimate of drug-likeness (QED) is 0.782. The van der Waals surface area contributed by atoms with Gasteiger partial charge in [0.05, 0.1) is 32.4 Å². The van der Waals surface area contributed by atoms with E-state index in [2.05, 4.69) is 32.7 Å². The van der Waals surface area contributed by atoms with Gasteiger partial charge in [-0.05, 0) is 22.6 Å². The maximum absolute atomic E-state index is 5.35. The summed E-state index contributed by atoms with van der Waals surface area (Å²) in [5.74, 6) is 1.14. The lowest BCUT2D eigenvalue weighted by Gasteiger charge is -2.26. The van der Waals surface area contributed by atoms with Crippen molar-refractivity contribution in [1.29, 1.82) is 0 Å². The van der Waals surface area contributed by atoms with Crippen LogP contribution in [-0.2, 0) is 4.74 Å². The number of halogens is 1. The van der Waals surface area contributed by atoms with Gasteiger partial charge in [0.2, 0.25) is 0 Å². The van der Waals surface area contributed by atoms with Gasteiger partial charge in [0.1, 0.15) is 15.1 Å². The lowest BCUT2D eigenvalue weighted by Crippen LogP contribution is -2.27. The molecule has 1 saturated heterocycles. The van der Waals surface area contributed by atoms with Crippen LogP contribution in [0.5, 0.6) is 5.75 Å². The summed E-state index contributed by atoms with van der Waals surface area (Å²) < 4.78 is 13.2. The summed E-state index contributed by atoms with van der Waals surface area (Å²) in [6, 6.07) is 1.92. The van der Waals surface area contributed by atoms with E-state index in [4.69, 9.17) is 9.47 Å². The Kier molecular flexibility index (Phi) is 2.47. The van der Waals surface area contributed by atoms with E-state index >= 15 is 0 Å². The first-order chi connectivity index (χ1) is 7.78. The van der Waals surface area contributed by atoms with E-state index in [9.17, 15) is 0 Å². The summed E-state index contributed by atoms with van der Waals surface area (Å²) in [5.41, 5.74) is 1.76. The van der Waals surface area contributed by atoms with E-state index < -0.39 is 0 Å². The number of rotatable bonds is 2. The summed E-state index contributed by atoms with van der Waals surface area (Å²) in [4.78, 5) is 4.34. The molecule has 0 bridgehead atoms. The number of fused-ring (bicyclic) bond motifs is 1. The molecule has 0 saturated carbocycles. The van der Waals surface area contributed by atoms with Crippen molar-refractivity contribution in [3.05, 3.63) is 21.7 Å². The van der Waals surface area contributed by atoms with Gasteiger partial charge in [-0.15, -0.1) is 0 Å². The number of ether oxygens (including phenoxy) is 2. The van der Waals surface area contributed by atoms with Crippen LogP contribution in [0.15, 0.2) is 12.3 Å². The standard InChI is InChI=1S/C10H10IN3O2/c1-15-7-2-9-12-8(11)3-14(9)13-10(7)6-4-16-5-6/h2-3,6H,4-5H2,1H3. The summed E-state index contributed by atoms with van der Waals surface area (Å²) in [5, 5.41) is 4.53. The van der Waals surface area contributed by atoms with E-state index in [0.717, 1.165) is 34.0 Å². The van der Waals surface area contributed by atoms with Gasteiger partial charge in [0, 0.05) is 6.07 Å². The average molecular weight is 331 g/mol. The second kappa shape index (κ2) is 3.85. The molecule has 2 aromatic rings. The summed E-state index contributed by atoms with van der Waals surface area (Å²) in [6.07, 6.45) is 1.90. The molecule has 5 nitrogen and oxygen atoms in total. The number of nitrogens with zero attached hydrogens (tertiary/aromatic N) is 3. The van der Waals surface area contributed by atoms with Crippen LogP contribution in [0.25, 0.3) is 5.65 Å². The fourth-order valence-corrected chi connectivity index (χ4v) is 2.24. The fraction of sp³-hybridized carbons (Fsp3) is 0.400. The molecule has 16 heavy (non-hydrogen) atoms. The van der Waals surface area contributed by atoms with Crippen molar-refractivity contribution in [2.75, 3.05) is 20.3 Å². The van der Waals surface area contributed by atoms with Gasteiger partial charge in [-0.1, -0.05) is 0 Å². The second-order valence-corrected chi connectivity index (χ2v) is 4.80. The van der Waals surface area contributed by atoms with Gasteiger partial charge in [-0.3, -0.25) is 0 Å². The highest BCUT2D eigenvalue weighted by atomic mass is 127. The number of imidazole rings is 1. The molecule has 0 radical (unpaired) electrons. The first-order valence-corrected chi connectivity index (χ1v) is 6.03. The number of hydrogen-bond donors (Lipinski definition) is 0. The minimum absolute atomic E-state index is 0.347. The summed E-state index contributed by atoms with van der Waals surface area (Å²) >= 11 is 2.17. The zero-order chi connectivity index (χ0) is 11.1. The predicted molar refractivity (Wildman–Crippen MR) is 65.8 cm³/mol. The van der Waals surface area contributed by atoms with Crippen molar-refractivity contribution < 1.29 is 9.47 Å². The Morgan fingerprint density at radius 2 is 2.38 bits per heavy atom. The summed E-state index contributed by atoms with van der Waals surface area (Å²) in [6.45, 7) is 1.45. The van der Waals surface area contributed by atoms with Gasteiger partial charge in [-0.25, -0.2) is 9.50 Å². The van der Waals surface area contributed by atoms with Crippen molar-refractivity contribution in [3.63, 3.8) is 0 Å². The lowest BCUT2D eigenvalue weighted by atomic mass is 10.0. The van der Waals surface area contributed by atoms with Crippen molar-refractivity contribution in [2.45, 2.75) is 5.92 Å². The number of hydrogen-bond acceptors (Lipinski definition) is 4. The summed E-state index contributed by atoms with van der Waals surface area (Å²) in [7, 11) is 1.66. The third kappa shape index (κ3) is 1.56. The van der Waals surface area contributed by atoms with Crippen LogP contribution in [0.3, 0.4) is 0 Å². The van der Waals surface area contributed by atoms with Crippen molar-refractivity contribution in [1.82, 2.24) is 14.6 Å². The van der Waals surface area contributed by atoms with Crippen LogP contribution < -0.4 is 4.74 Å². The van der Waals surface area contributed by atoms with Crippen molar-refractivity contribution in [2.24, 2.45) is 0 Å². The Bertz CT molecular complexity index is 536. The van der Waals surface area contributed by atoms with Gasteiger partial charge < -0.3 is 9.47 Å². The van der Waals surface area contributed by atoms with E-state index in [0.29, 0.717) is 5.92 Å². The molecular weight excluding hydrogens is 321 g/mol. The largest absolute Gasteiger partial charge is 0.495 e. The first-order valence-electron chi connectivity index (χ1n) is 4.95. The molecule has 0 atom stereocenters. The number of aromatic nitrogens is 3. The minimum atomic E-state index is 0.347. The maximum Gasteiger partial charge on any atom is 0.158 e. The molecule has 1 aliphatic heterocycles. The third-order valence-corrected chi connectivity index (χ3v) is 3.18. The van der Waals surface area contributed by atoms with Crippen LogP contribution >= 0.6 is 22.6 Å². The van der Waals surface area contributed by atoms with E-state index in [-0.39, 0.29) is 0 Å². The SMILES string of the molecule is COc1cc2nc(I)cn2nc1C1COC1. The molecule has 0 aliphatic carbocycles. The molecule has 0 aromatic carbocycles. The molecule has 84 valence electrons. The molecule has 0 amide bonds. The number of methoxy groups -OCH3 is 1. The molecule has 0 N–H and O–H groups in total. The molecule has 1 aliphatic rings. The molecule has 3 rings (SSSR count). The van der Waals surface area contributed by atoms with E-state index in [1.54, 1.807) is 11.6 Å². The Morgan fingerprint density at radius 3 is 3.00 bits per heavy atom. The smallest absolute Gasteiger partial charge is 0.158 e. The lowest BCUT2D eigenvalue weighted by molar-refractivity contribution is 0.00529. The van der Waals surface area contributed by atoms with Crippen LogP contribution in [0.2, 0.25) is 0 Å². The molecule has 1 fully saturated rings. The van der Waals surface area contributed by atoms with E-state index in [1.165, 1.54) is 0 Å². The Hall–Kier alpha value is -0.890. The second-order valence-electron chi connectivity index (χ2n) is 3.70. The zero-order valence-corrected chi connectivity index (χ0v) is 10.8. The Labute approximate surface area is 106 Å². The highest BCUT2D eigenvalue weighted by Crippen LogP contribution is 2.30. The predicted octanol–water partition coefficient (Wildman–Crippen LogP) is 1.46.